The zero-order valence-corrected chi connectivity index (χ0v) is 17.6. The molecular formula is C25H24FN3O. The van der Waals surface area contributed by atoms with Gasteiger partial charge in [0, 0.05) is 12.0 Å². The van der Waals surface area contributed by atoms with Gasteiger partial charge in [-0.1, -0.05) is 52.0 Å². The Bertz CT molecular complexity index is 1170. The number of halogens is 1. The van der Waals surface area contributed by atoms with Crippen LogP contribution in [-0.4, -0.2) is 15.6 Å². The van der Waals surface area contributed by atoms with Gasteiger partial charge < -0.3 is 0 Å². The summed E-state index contributed by atoms with van der Waals surface area (Å²) >= 11 is 0. The largest absolute Gasteiger partial charge is 0.294 e. The molecule has 1 heterocycles. The second-order valence-corrected chi connectivity index (χ2v) is 8.90. The fourth-order valence-electron chi connectivity index (χ4n) is 4.22. The molecule has 0 fully saturated rings. The van der Waals surface area contributed by atoms with Crippen LogP contribution in [0.2, 0.25) is 0 Å². The molecule has 1 aliphatic carbocycles. The van der Waals surface area contributed by atoms with Crippen LogP contribution in [0, 0.1) is 22.6 Å². The Morgan fingerprint density at radius 3 is 2.43 bits per heavy atom. The first-order valence-corrected chi connectivity index (χ1v) is 10.2. The molecule has 1 aliphatic rings. The van der Waals surface area contributed by atoms with Crippen LogP contribution >= 0.6 is 0 Å². The van der Waals surface area contributed by atoms with Crippen LogP contribution in [-0.2, 0) is 0 Å². The molecule has 0 amide bonds. The van der Waals surface area contributed by atoms with Crippen molar-refractivity contribution in [3.63, 3.8) is 0 Å². The lowest BCUT2D eigenvalue weighted by Crippen LogP contribution is -2.32. The van der Waals surface area contributed by atoms with Gasteiger partial charge in [-0.3, -0.25) is 4.79 Å². The van der Waals surface area contributed by atoms with Crippen LogP contribution in [0.3, 0.4) is 0 Å². The Morgan fingerprint density at radius 2 is 1.83 bits per heavy atom. The van der Waals surface area contributed by atoms with E-state index in [4.69, 9.17) is 0 Å². The molecule has 3 aromatic rings. The molecule has 30 heavy (non-hydrogen) atoms. The zero-order chi connectivity index (χ0) is 21.6. The number of nitriles is 1. The Hall–Kier alpha value is -3.26. The number of hydrogen-bond donors (Lipinski definition) is 0. The smallest absolute Gasteiger partial charge is 0.167 e. The summed E-state index contributed by atoms with van der Waals surface area (Å²) in [6.45, 7) is 8.08. The number of fused-ring (bicyclic) bond motifs is 1. The molecule has 0 saturated carbocycles. The highest BCUT2D eigenvalue weighted by Gasteiger charge is 2.45. The van der Waals surface area contributed by atoms with Crippen molar-refractivity contribution < 1.29 is 9.18 Å². The van der Waals surface area contributed by atoms with E-state index in [1.165, 1.54) is 11.6 Å². The molecule has 1 unspecified atom stereocenters. The average Bonchev–Trinajstić information content (AvgIpc) is 3.08. The first-order valence-electron chi connectivity index (χ1n) is 10.2. The maximum absolute atomic E-state index is 14.6. The third kappa shape index (κ3) is 3.13. The molecule has 0 saturated heterocycles. The van der Waals surface area contributed by atoms with Gasteiger partial charge in [0.15, 0.2) is 5.78 Å². The van der Waals surface area contributed by atoms with Gasteiger partial charge in [0.1, 0.15) is 11.5 Å². The molecule has 0 bridgehead atoms. The summed E-state index contributed by atoms with van der Waals surface area (Å²) in [5, 5.41) is 14.7. The van der Waals surface area contributed by atoms with Gasteiger partial charge in [0.2, 0.25) is 0 Å². The van der Waals surface area contributed by atoms with Crippen molar-refractivity contribution in [2.45, 2.75) is 46.0 Å². The van der Waals surface area contributed by atoms with Crippen molar-refractivity contribution in [2.75, 3.05) is 0 Å². The van der Waals surface area contributed by atoms with Gasteiger partial charge in [-0.2, -0.15) is 10.4 Å². The normalized spacial score (nSPS) is 17.6. The van der Waals surface area contributed by atoms with Crippen LogP contribution in [0.25, 0.3) is 16.9 Å². The van der Waals surface area contributed by atoms with Gasteiger partial charge in [-0.25, -0.2) is 9.07 Å². The lowest BCUT2D eigenvalue weighted by atomic mass is 9.68. The van der Waals surface area contributed by atoms with Crippen LogP contribution in [0.15, 0.2) is 48.5 Å². The Labute approximate surface area is 176 Å². The van der Waals surface area contributed by atoms with E-state index in [0.29, 0.717) is 22.9 Å². The fourth-order valence-corrected chi connectivity index (χ4v) is 4.22. The van der Waals surface area contributed by atoms with E-state index in [2.05, 4.69) is 25.0 Å². The molecular weight excluding hydrogens is 377 g/mol. The predicted molar refractivity (Wildman–Crippen MR) is 114 cm³/mol. The topological polar surface area (TPSA) is 58.7 Å². The Balaban J connectivity index is 2.02. The van der Waals surface area contributed by atoms with Crippen LogP contribution < -0.4 is 0 Å². The molecule has 0 N–H and O–H groups in total. The summed E-state index contributed by atoms with van der Waals surface area (Å²) in [5.41, 5.74) is 2.88. The minimum Gasteiger partial charge on any atom is -0.294 e. The van der Waals surface area contributed by atoms with E-state index < -0.39 is 17.2 Å². The van der Waals surface area contributed by atoms with Crippen molar-refractivity contribution in [2.24, 2.45) is 5.41 Å². The van der Waals surface area contributed by atoms with Crippen LogP contribution in [0.4, 0.5) is 4.39 Å². The molecule has 5 heteroatoms. The van der Waals surface area contributed by atoms with E-state index in [9.17, 15) is 14.4 Å². The lowest BCUT2D eigenvalue weighted by molar-refractivity contribution is 0.0900. The van der Waals surface area contributed by atoms with Gasteiger partial charge in [-0.05, 0) is 41.2 Å². The van der Waals surface area contributed by atoms with Crippen molar-refractivity contribution >= 4 is 5.78 Å². The van der Waals surface area contributed by atoms with Crippen molar-refractivity contribution in [1.29, 1.82) is 5.26 Å². The maximum Gasteiger partial charge on any atom is 0.167 e. The number of rotatable bonds is 3. The van der Waals surface area contributed by atoms with Gasteiger partial charge in [0.05, 0.1) is 28.9 Å². The number of hydrogen-bond acceptors (Lipinski definition) is 3. The molecule has 2 aromatic carbocycles. The first-order chi connectivity index (χ1) is 14.2. The number of Topliss-reactive ketones (excluding diaryl/α,β-unsaturated/α-hetero) is 1. The quantitative estimate of drug-likeness (QED) is 0.539. The van der Waals surface area contributed by atoms with Gasteiger partial charge in [-0.15, -0.1) is 0 Å². The van der Waals surface area contributed by atoms with Crippen molar-refractivity contribution in [3.05, 3.63) is 71.2 Å². The first kappa shape index (κ1) is 20.0. The summed E-state index contributed by atoms with van der Waals surface area (Å²) in [5.74, 6) is -0.703. The molecule has 1 atom stereocenters. The molecule has 1 aromatic heterocycles. The third-order valence-electron chi connectivity index (χ3n) is 5.93. The predicted octanol–water partition coefficient (Wildman–Crippen LogP) is 6.02. The van der Waals surface area contributed by atoms with Crippen LogP contribution in [0.1, 0.15) is 67.6 Å². The summed E-state index contributed by atoms with van der Waals surface area (Å²) in [4.78, 5) is 13.2. The monoisotopic (exact) mass is 401 g/mol. The summed E-state index contributed by atoms with van der Waals surface area (Å²) < 4.78 is 16.3. The molecule has 0 radical (unpaired) electrons. The summed E-state index contributed by atoms with van der Waals surface area (Å²) in [7, 11) is 0. The molecule has 0 aliphatic heterocycles. The summed E-state index contributed by atoms with van der Waals surface area (Å²) in [6, 6.07) is 16.6. The number of benzene rings is 2. The molecule has 0 spiro atoms. The minimum atomic E-state index is -0.541. The standard InChI is InChI=1S/C25H24FN3O/c1-15(2)16-9-11-17(12-10-16)29-24-19(14-27)25(3,4)13-21(30)22(24)23(28-29)18-7-5-6-8-20(18)26/h5-12,15,19H,13H2,1-4H3. The Morgan fingerprint density at radius 1 is 1.17 bits per heavy atom. The van der Waals surface area contributed by atoms with Crippen molar-refractivity contribution in [1.82, 2.24) is 9.78 Å². The molecule has 4 rings (SSSR count). The summed E-state index contributed by atoms with van der Waals surface area (Å²) in [6.07, 6.45) is 0.220. The van der Waals surface area contributed by atoms with E-state index >= 15 is 0 Å². The Kier molecular flexibility index (Phi) is 4.82. The van der Waals surface area contributed by atoms with Gasteiger partial charge in [0.25, 0.3) is 0 Å². The van der Waals surface area contributed by atoms with E-state index in [1.807, 2.05) is 38.1 Å². The minimum absolute atomic E-state index is 0.107. The van der Waals surface area contributed by atoms with E-state index in [1.54, 1.807) is 22.9 Å². The second-order valence-electron chi connectivity index (χ2n) is 8.90. The highest BCUT2D eigenvalue weighted by atomic mass is 19.1. The third-order valence-corrected chi connectivity index (χ3v) is 5.93. The number of aromatic nitrogens is 2. The lowest BCUT2D eigenvalue weighted by Gasteiger charge is -2.34. The van der Waals surface area contributed by atoms with Gasteiger partial charge >= 0.3 is 0 Å². The number of nitrogens with zero attached hydrogens (tertiary/aromatic N) is 3. The molecule has 152 valence electrons. The average molecular weight is 401 g/mol. The highest BCUT2D eigenvalue weighted by Crippen LogP contribution is 2.48. The van der Waals surface area contributed by atoms with Crippen molar-refractivity contribution in [3.8, 4) is 23.0 Å². The molecule has 4 nitrogen and oxygen atoms in total. The van der Waals surface area contributed by atoms with E-state index in [0.717, 1.165) is 5.69 Å². The van der Waals surface area contributed by atoms with E-state index in [-0.39, 0.29) is 17.8 Å². The highest BCUT2D eigenvalue weighted by molar-refractivity contribution is 6.04. The number of carbonyl (C=O) groups is 1. The maximum atomic E-state index is 14.6. The second kappa shape index (κ2) is 7.21. The number of ketones is 1. The fraction of sp³-hybridized carbons (Fsp3) is 0.320. The number of carbonyl (C=O) groups excluding carboxylic acids is 1. The SMILES string of the molecule is CC(C)c1ccc(-n2nc(-c3ccccc3F)c3c2C(C#N)C(C)(C)CC3=O)cc1. The van der Waals surface area contributed by atoms with Crippen LogP contribution in [0.5, 0.6) is 0 Å². The zero-order valence-electron chi connectivity index (χ0n) is 17.6.